The van der Waals surface area contributed by atoms with Crippen LogP contribution in [0.25, 0.3) is 195 Å². The van der Waals surface area contributed by atoms with E-state index in [1.807, 2.05) is 12.1 Å². The van der Waals surface area contributed by atoms with Gasteiger partial charge in [0, 0.05) is 81.9 Å². The molecule has 0 saturated heterocycles. The summed E-state index contributed by atoms with van der Waals surface area (Å²) in [5, 5.41) is 11.9. The molecule has 0 aliphatic heterocycles. The summed E-state index contributed by atoms with van der Waals surface area (Å²) < 4.78 is 11.2. The van der Waals surface area contributed by atoms with E-state index in [1.54, 1.807) is 0 Å². The second-order valence-corrected chi connectivity index (χ2v) is 27.0. The molecule has 0 fully saturated rings. The normalized spacial score (nSPS) is 11.7. The van der Waals surface area contributed by atoms with Crippen molar-refractivity contribution in [1.29, 1.82) is 0 Å². The van der Waals surface area contributed by atoms with Gasteiger partial charge in [0.1, 0.15) is 0 Å². The molecule has 22 rings (SSSR count). The Balaban J connectivity index is 0.000000138. The van der Waals surface area contributed by atoms with Gasteiger partial charge in [-0.15, -0.1) is 0 Å². The monoisotopic (exact) mass is 1370 g/mol. The van der Waals surface area contributed by atoms with Crippen LogP contribution in [0.15, 0.2) is 370 Å². The molecule has 7 aromatic heterocycles. The lowest BCUT2D eigenvalue weighted by Gasteiger charge is -2.14. The third-order valence-electron chi connectivity index (χ3n) is 20.9. The fourth-order valence-corrected chi connectivity index (χ4v) is 16.1. The molecule has 22 aromatic rings. The first kappa shape index (κ1) is 61.0. The zero-order chi connectivity index (χ0) is 70.5. The number of fused-ring (bicyclic) bond motifs is 15. The van der Waals surface area contributed by atoms with Crippen molar-refractivity contribution < 1.29 is 0 Å². The highest BCUT2D eigenvalue weighted by molar-refractivity contribution is 6.13. The highest BCUT2D eigenvalue weighted by Crippen LogP contribution is 2.40. The van der Waals surface area contributed by atoms with Gasteiger partial charge in [0.25, 0.3) is 0 Å². The van der Waals surface area contributed by atoms with Crippen molar-refractivity contribution in [3.8, 4) is 85.6 Å². The van der Waals surface area contributed by atoms with E-state index in [1.165, 1.54) is 43.6 Å². The lowest BCUT2D eigenvalue weighted by Crippen LogP contribution is -2.10. The van der Waals surface area contributed by atoms with Crippen LogP contribution in [0.1, 0.15) is 0 Å². The molecule has 0 aliphatic rings. The molecule has 11 nitrogen and oxygen atoms in total. The first-order valence-corrected chi connectivity index (χ1v) is 36.0. The molecular weight excluding hydrogens is 1310 g/mol. The molecule has 0 atom stereocenters. The number of rotatable bonds is 10. The summed E-state index contributed by atoms with van der Waals surface area (Å²) >= 11 is 0. The number of hydrogen-bond donors (Lipinski definition) is 0. The Morgan fingerprint density at radius 2 is 0.346 bits per heavy atom. The Kier molecular flexibility index (Phi) is 14.3. The molecule has 15 aromatic carbocycles. The largest absolute Gasteiger partial charge is 0.309 e. The minimum Gasteiger partial charge on any atom is -0.309 e. The average Bonchev–Trinajstić information content (AvgIpc) is 1.60. The average molecular weight is 1370 g/mol. The van der Waals surface area contributed by atoms with Gasteiger partial charge >= 0.3 is 0 Å². The van der Waals surface area contributed by atoms with Crippen molar-refractivity contribution in [2.45, 2.75) is 0 Å². The smallest absolute Gasteiger partial charge is 0.240 e. The van der Waals surface area contributed by atoms with Crippen LogP contribution in [0, 0.1) is 0 Å². The molecule has 0 N–H and O–H groups in total. The highest BCUT2D eigenvalue weighted by Gasteiger charge is 2.24. The van der Waals surface area contributed by atoms with E-state index in [-0.39, 0.29) is 0 Å². The van der Waals surface area contributed by atoms with Crippen LogP contribution < -0.4 is 0 Å². The van der Waals surface area contributed by atoms with E-state index in [0.717, 1.165) is 116 Å². The Morgan fingerprint density at radius 1 is 0.140 bits per heavy atom. The van der Waals surface area contributed by atoms with E-state index in [0.29, 0.717) is 35.3 Å². The molecule has 0 spiro atoms. The molecule has 0 bridgehead atoms. The Morgan fingerprint density at radius 3 is 0.607 bits per heavy atom. The molecule has 0 saturated carbocycles. The highest BCUT2D eigenvalue weighted by atomic mass is 15.3. The van der Waals surface area contributed by atoms with Gasteiger partial charge in [-0.05, 0) is 150 Å². The molecule has 0 amide bonds. The number of para-hydroxylation sites is 10. The summed E-state index contributed by atoms with van der Waals surface area (Å²) in [5.74, 6) is 3.52. The van der Waals surface area contributed by atoms with Gasteiger partial charge in [-0.25, -0.2) is 4.98 Å². The maximum atomic E-state index is 5.31. The van der Waals surface area contributed by atoms with Crippen LogP contribution in [-0.4, -0.2) is 52.7 Å². The van der Waals surface area contributed by atoms with Crippen LogP contribution in [0.5, 0.6) is 0 Å². The topological polar surface area (TPSA) is 102 Å². The Hall–Kier alpha value is -14.7. The molecule has 500 valence electrons. The van der Waals surface area contributed by atoms with Crippen molar-refractivity contribution in [3.05, 3.63) is 370 Å². The summed E-state index contributed by atoms with van der Waals surface area (Å²) in [4.78, 5) is 31.6. The van der Waals surface area contributed by atoms with E-state index in [9.17, 15) is 0 Å². The second kappa shape index (κ2) is 25.1. The summed E-state index contributed by atoms with van der Waals surface area (Å²) in [6.07, 6.45) is 0. The summed E-state index contributed by atoms with van der Waals surface area (Å²) in [6.45, 7) is 0. The van der Waals surface area contributed by atoms with Gasteiger partial charge in [-0.1, -0.05) is 243 Å². The molecule has 7 heterocycles. The standard InChI is InChI=1S/C51H32N6.C45H29N5/c1-7-19-43-37(13-1)38-14-2-8-20-44(38)55(43)35-29-25-33(26-30-35)49-52-50(54-51(53-49)57-47-23-11-5-17-41(47)42-18-6-12-24-48(42)57)34-27-31-36(32-28-34)56-45-21-9-3-15-39(45)40-16-4-10-22-46(40)56;1-3-15-30(16-4-1)32-27-33(31-17-5-2-6-18-31)29-34(28-32)43-46-44(49-39-23-11-7-19-35(39)36-20-8-12-24-40(36)49)48-45(47-43)50-41-25-13-9-21-37(41)38-22-10-14-26-42(38)50/h1-32H;1-29H. The van der Waals surface area contributed by atoms with Gasteiger partial charge in [-0.2, -0.15) is 24.9 Å². The number of hydrogen-bond acceptors (Lipinski definition) is 6. The lowest BCUT2D eigenvalue weighted by atomic mass is 9.96. The minimum absolute atomic E-state index is 0.565. The minimum atomic E-state index is 0.565. The predicted molar refractivity (Wildman–Crippen MR) is 439 cm³/mol. The lowest BCUT2D eigenvalue weighted by molar-refractivity contribution is 0.893. The Labute approximate surface area is 613 Å². The molecule has 0 radical (unpaired) electrons. The van der Waals surface area contributed by atoms with E-state index >= 15 is 0 Å². The van der Waals surface area contributed by atoms with Gasteiger partial charge in [0.15, 0.2) is 17.5 Å². The fourth-order valence-electron chi connectivity index (χ4n) is 16.1. The molecule has 0 aliphatic carbocycles. The number of aromatic nitrogens is 11. The first-order chi connectivity index (χ1) is 53.1. The maximum absolute atomic E-state index is 5.31. The quantitative estimate of drug-likeness (QED) is 0.135. The van der Waals surface area contributed by atoms with Crippen molar-refractivity contribution in [1.82, 2.24) is 52.7 Å². The van der Waals surface area contributed by atoms with Gasteiger partial charge in [-0.3, -0.25) is 13.7 Å². The first-order valence-electron chi connectivity index (χ1n) is 36.0. The second-order valence-electron chi connectivity index (χ2n) is 27.0. The van der Waals surface area contributed by atoms with Crippen molar-refractivity contribution in [3.63, 3.8) is 0 Å². The van der Waals surface area contributed by atoms with Crippen molar-refractivity contribution in [2.24, 2.45) is 0 Å². The Bertz CT molecular complexity index is 6610. The van der Waals surface area contributed by atoms with Crippen LogP contribution >= 0.6 is 0 Å². The summed E-state index contributed by atoms with van der Waals surface area (Å²) in [5.41, 5.74) is 20.3. The van der Waals surface area contributed by atoms with Gasteiger partial charge in [0.2, 0.25) is 17.8 Å². The molecule has 0 unspecified atom stereocenters. The van der Waals surface area contributed by atoms with Crippen LogP contribution in [0.3, 0.4) is 0 Å². The van der Waals surface area contributed by atoms with E-state index < -0.39 is 0 Å². The van der Waals surface area contributed by atoms with E-state index in [2.05, 4.69) is 381 Å². The van der Waals surface area contributed by atoms with Crippen molar-refractivity contribution >= 4 is 109 Å². The molecule has 107 heavy (non-hydrogen) atoms. The fraction of sp³-hybridized carbons (Fsp3) is 0. The zero-order valence-electron chi connectivity index (χ0n) is 57.6. The van der Waals surface area contributed by atoms with E-state index in [4.69, 9.17) is 29.9 Å². The van der Waals surface area contributed by atoms with Crippen molar-refractivity contribution in [2.75, 3.05) is 0 Å². The number of benzene rings is 15. The van der Waals surface area contributed by atoms with Gasteiger partial charge < -0.3 is 9.13 Å². The summed E-state index contributed by atoms with van der Waals surface area (Å²) in [6, 6.07) is 130. The number of nitrogens with zero attached hydrogens (tertiary/aromatic N) is 11. The van der Waals surface area contributed by atoms with Gasteiger partial charge in [0.05, 0.1) is 55.2 Å². The predicted octanol–water partition coefficient (Wildman–Crippen LogP) is 23.6. The molecular formula is C96H61N11. The van der Waals surface area contributed by atoms with Crippen LogP contribution in [0.4, 0.5) is 0 Å². The molecule has 11 heteroatoms. The van der Waals surface area contributed by atoms with Crippen LogP contribution in [-0.2, 0) is 0 Å². The van der Waals surface area contributed by atoms with Crippen LogP contribution in [0.2, 0.25) is 0 Å². The zero-order valence-corrected chi connectivity index (χ0v) is 57.6. The maximum Gasteiger partial charge on any atom is 0.240 e. The third kappa shape index (κ3) is 10.2. The summed E-state index contributed by atoms with van der Waals surface area (Å²) in [7, 11) is 0. The third-order valence-corrected chi connectivity index (χ3v) is 20.9. The SMILES string of the molecule is c1ccc(-c2cc(-c3ccccc3)cc(-c3nc(-n4c5ccccc5c5ccccc54)nc(-n4c5ccccc5c5ccccc54)n3)c2)cc1.c1ccc2c(c1)c1ccccc1n2-c1ccc(-c2nc(-c3ccc(-n4c5ccccc5c5ccccc54)cc3)nc(-n3c4ccccc4c4ccccc43)n2)cc1.